The molecule has 1 aromatic rings. The van der Waals surface area contributed by atoms with Crippen molar-refractivity contribution in [3.05, 3.63) is 24.3 Å². The molecule has 0 saturated heterocycles. The molecule has 1 unspecified atom stereocenters. The van der Waals surface area contributed by atoms with E-state index in [-0.39, 0.29) is 18.0 Å². The van der Waals surface area contributed by atoms with E-state index in [0.717, 1.165) is 11.4 Å². The minimum Gasteiger partial charge on any atom is -0.391 e. The van der Waals surface area contributed by atoms with Crippen LogP contribution in [0.3, 0.4) is 0 Å². The molecule has 0 aromatic heterocycles. The van der Waals surface area contributed by atoms with Crippen molar-refractivity contribution in [3.63, 3.8) is 0 Å². The Bertz CT molecular complexity index is 435. The summed E-state index contributed by atoms with van der Waals surface area (Å²) in [6.45, 7) is 6.01. The molecule has 0 fully saturated rings. The number of rotatable bonds is 4. The van der Waals surface area contributed by atoms with Crippen molar-refractivity contribution in [2.45, 2.75) is 26.9 Å². The fraction of sp³-hybridized carbons (Fsp3) is 0.533. The smallest absolute Gasteiger partial charge is 0.319 e. The Balaban J connectivity index is 2.46. The summed E-state index contributed by atoms with van der Waals surface area (Å²) in [4.78, 5) is 13.7. The highest BCUT2D eigenvalue weighted by atomic mass is 16.3. The Kier molecular flexibility index (Phi) is 5.39. The van der Waals surface area contributed by atoms with Crippen LogP contribution in [0.25, 0.3) is 0 Å². The largest absolute Gasteiger partial charge is 0.391 e. The molecule has 1 aromatic carbocycles. The number of aliphatic hydroxyl groups excluding tert-OH is 1. The number of carbonyl (C=O) groups is 1. The molecule has 0 saturated carbocycles. The Morgan fingerprint density at radius 2 is 1.80 bits per heavy atom. The minimum atomic E-state index is -0.579. The van der Waals surface area contributed by atoms with Crippen molar-refractivity contribution in [3.8, 4) is 0 Å². The van der Waals surface area contributed by atoms with Crippen molar-refractivity contribution in [1.29, 1.82) is 0 Å². The number of anilines is 2. The molecule has 0 heterocycles. The third kappa shape index (κ3) is 5.09. The lowest BCUT2D eigenvalue weighted by Crippen LogP contribution is -2.40. The van der Waals surface area contributed by atoms with E-state index < -0.39 is 6.10 Å². The first-order chi connectivity index (χ1) is 9.20. The van der Waals surface area contributed by atoms with E-state index in [1.54, 1.807) is 0 Å². The van der Waals surface area contributed by atoms with Crippen LogP contribution in [-0.2, 0) is 0 Å². The highest BCUT2D eigenvalue weighted by molar-refractivity contribution is 5.89. The number of amides is 2. The zero-order valence-corrected chi connectivity index (χ0v) is 12.9. The van der Waals surface area contributed by atoms with Crippen LogP contribution in [-0.4, -0.2) is 37.9 Å². The van der Waals surface area contributed by atoms with E-state index >= 15 is 0 Å². The lowest BCUT2D eigenvalue weighted by Gasteiger charge is -2.25. The molecule has 0 radical (unpaired) electrons. The summed E-state index contributed by atoms with van der Waals surface area (Å²) in [5, 5.41) is 15.2. The van der Waals surface area contributed by atoms with Gasteiger partial charge < -0.3 is 20.6 Å². The van der Waals surface area contributed by atoms with E-state index in [4.69, 9.17) is 0 Å². The molecule has 3 N–H and O–H groups in total. The predicted octanol–water partition coefficient (Wildman–Crippen LogP) is 2.28. The molecule has 5 nitrogen and oxygen atoms in total. The first-order valence-electron chi connectivity index (χ1n) is 6.70. The molecule has 2 amide bonds. The second kappa shape index (κ2) is 6.61. The van der Waals surface area contributed by atoms with Gasteiger partial charge in [-0.1, -0.05) is 20.8 Å². The molecule has 0 aliphatic heterocycles. The molecule has 1 atom stereocenters. The van der Waals surface area contributed by atoms with Gasteiger partial charge in [-0.3, -0.25) is 0 Å². The molecule has 0 aliphatic carbocycles. The lowest BCUT2D eigenvalue weighted by molar-refractivity contribution is 0.0654. The van der Waals surface area contributed by atoms with Crippen LogP contribution in [0.1, 0.15) is 20.8 Å². The van der Waals surface area contributed by atoms with Gasteiger partial charge in [0.25, 0.3) is 0 Å². The number of nitrogens with one attached hydrogen (secondary N) is 2. The van der Waals surface area contributed by atoms with Crippen LogP contribution < -0.4 is 15.5 Å². The zero-order chi connectivity index (χ0) is 15.3. The van der Waals surface area contributed by atoms with Gasteiger partial charge in [0.1, 0.15) is 0 Å². The van der Waals surface area contributed by atoms with Crippen LogP contribution in [0.4, 0.5) is 16.2 Å². The molecule has 5 heteroatoms. The summed E-state index contributed by atoms with van der Waals surface area (Å²) in [5.41, 5.74) is 1.54. The second-order valence-electron chi connectivity index (χ2n) is 6.16. The predicted molar refractivity (Wildman–Crippen MR) is 83.3 cm³/mol. The molecule has 0 bridgehead atoms. The Hall–Kier alpha value is -1.75. The van der Waals surface area contributed by atoms with E-state index in [1.807, 2.05) is 64.0 Å². The number of hydrogen-bond acceptors (Lipinski definition) is 3. The summed E-state index contributed by atoms with van der Waals surface area (Å²) >= 11 is 0. The number of hydrogen-bond donors (Lipinski definition) is 3. The van der Waals surface area contributed by atoms with E-state index in [0.29, 0.717) is 0 Å². The summed E-state index contributed by atoms with van der Waals surface area (Å²) in [7, 11) is 3.92. The standard InChI is InChI=1S/C15H25N3O2/c1-15(2,3)13(19)10-16-14(20)17-11-6-8-12(9-7-11)18(4)5/h6-9,13,19H,10H2,1-5H3,(H2,16,17,20). The van der Waals surface area contributed by atoms with Gasteiger partial charge in [-0.05, 0) is 29.7 Å². The van der Waals surface area contributed by atoms with Gasteiger partial charge in [-0.2, -0.15) is 0 Å². The maximum Gasteiger partial charge on any atom is 0.319 e. The first-order valence-corrected chi connectivity index (χ1v) is 6.70. The van der Waals surface area contributed by atoms with Crippen molar-refractivity contribution in [2.24, 2.45) is 5.41 Å². The highest BCUT2D eigenvalue weighted by Gasteiger charge is 2.22. The summed E-state index contributed by atoms with van der Waals surface area (Å²) < 4.78 is 0. The monoisotopic (exact) mass is 279 g/mol. The number of urea groups is 1. The maximum atomic E-state index is 11.7. The van der Waals surface area contributed by atoms with Gasteiger partial charge >= 0.3 is 6.03 Å². The van der Waals surface area contributed by atoms with E-state index in [2.05, 4.69) is 10.6 Å². The van der Waals surface area contributed by atoms with E-state index in [9.17, 15) is 9.90 Å². The van der Waals surface area contributed by atoms with Crippen LogP contribution in [0.5, 0.6) is 0 Å². The molecule has 1 rings (SSSR count). The molecule has 112 valence electrons. The Morgan fingerprint density at radius 1 is 1.25 bits per heavy atom. The van der Waals surface area contributed by atoms with Gasteiger partial charge in [-0.15, -0.1) is 0 Å². The Morgan fingerprint density at radius 3 is 2.25 bits per heavy atom. The maximum absolute atomic E-state index is 11.7. The minimum absolute atomic E-state index is 0.227. The van der Waals surface area contributed by atoms with Gasteiger partial charge in [0.15, 0.2) is 0 Å². The average Bonchev–Trinajstić information content (AvgIpc) is 2.35. The van der Waals surface area contributed by atoms with Gasteiger partial charge in [0.2, 0.25) is 0 Å². The fourth-order valence-corrected chi connectivity index (χ4v) is 1.51. The Labute approximate surface area is 121 Å². The quantitative estimate of drug-likeness (QED) is 0.792. The van der Waals surface area contributed by atoms with Gasteiger partial charge in [0.05, 0.1) is 6.10 Å². The molecular formula is C15H25N3O2. The van der Waals surface area contributed by atoms with Gasteiger partial charge in [-0.25, -0.2) is 4.79 Å². The number of carbonyl (C=O) groups excluding carboxylic acids is 1. The topological polar surface area (TPSA) is 64.6 Å². The van der Waals surface area contributed by atoms with Crippen LogP contribution >= 0.6 is 0 Å². The highest BCUT2D eigenvalue weighted by Crippen LogP contribution is 2.18. The van der Waals surface area contributed by atoms with Crippen LogP contribution in [0, 0.1) is 5.41 Å². The average molecular weight is 279 g/mol. The zero-order valence-electron chi connectivity index (χ0n) is 12.9. The van der Waals surface area contributed by atoms with Crippen molar-refractivity contribution < 1.29 is 9.90 Å². The van der Waals surface area contributed by atoms with Crippen LogP contribution in [0.2, 0.25) is 0 Å². The number of aliphatic hydroxyl groups is 1. The van der Waals surface area contributed by atoms with Crippen molar-refractivity contribution in [1.82, 2.24) is 5.32 Å². The molecule has 0 aliphatic rings. The number of benzene rings is 1. The van der Waals surface area contributed by atoms with Crippen molar-refractivity contribution in [2.75, 3.05) is 30.9 Å². The fourth-order valence-electron chi connectivity index (χ4n) is 1.51. The third-order valence-corrected chi connectivity index (χ3v) is 3.10. The van der Waals surface area contributed by atoms with Gasteiger partial charge in [0, 0.05) is 32.0 Å². The molecular weight excluding hydrogens is 254 g/mol. The SMILES string of the molecule is CN(C)c1ccc(NC(=O)NCC(O)C(C)(C)C)cc1. The normalized spacial score (nSPS) is 12.7. The lowest BCUT2D eigenvalue weighted by atomic mass is 9.89. The summed E-state index contributed by atoms with van der Waals surface area (Å²) in [6.07, 6.45) is -0.579. The molecule has 20 heavy (non-hydrogen) atoms. The molecule has 0 spiro atoms. The third-order valence-electron chi connectivity index (χ3n) is 3.10. The number of nitrogens with zero attached hydrogens (tertiary/aromatic N) is 1. The summed E-state index contributed by atoms with van der Waals surface area (Å²) in [6, 6.07) is 7.23. The van der Waals surface area contributed by atoms with E-state index in [1.165, 1.54) is 0 Å². The summed E-state index contributed by atoms with van der Waals surface area (Å²) in [5.74, 6) is 0. The van der Waals surface area contributed by atoms with Crippen LogP contribution in [0.15, 0.2) is 24.3 Å². The first kappa shape index (κ1) is 16.3. The second-order valence-corrected chi connectivity index (χ2v) is 6.16. The van der Waals surface area contributed by atoms with Crippen molar-refractivity contribution >= 4 is 17.4 Å².